The maximum atomic E-state index is 6.09. The number of hydrogen-bond donors (Lipinski definition) is 2. The van der Waals surface area contributed by atoms with Crippen LogP contribution in [0.25, 0.3) is 33.4 Å². The van der Waals surface area contributed by atoms with Gasteiger partial charge in [0.15, 0.2) is 5.65 Å². The van der Waals surface area contributed by atoms with E-state index in [1.54, 1.807) is 7.11 Å². The molecule has 3 N–H and O–H groups in total. The quantitative estimate of drug-likeness (QED) is 0.530. The lowest BCUT2D eigenvalue weighted by Gasteiger charge is -2.09. The zero-order valence-electron chi connectivity index (χ0n) is 13.5. The molecule has 0 saturated heterocycles. The molecule has 0 aliphatic carbocycles. The van der Waals surface area contributed by atoms with Crippen LogP contribution in [0.3, 0.4) is 0 Å². The van der Waals surface area contributed by atoms with Crippen LogP contribution in [0.15, 0.2) is 59.1 Å². The minimum absolute atomic E-state index is 0.515. The van der Waals surface area contributed by atoms with Crippen molar-refractivity contribution in [3.8, 4) is 28.1 Å². The van der Waals surface area contributed by atoms with E-state index in [9.17, 15) is 0 Å². The van der Waals surface area contributed by atoms with E-state index in [1.165, 1.54) is 0 Å². The van der Waals surface area contributed by atoms with Gasteiger partial charge in [-0.3, -0.25) is 5.10 Å². The topological polar surface area (TPSA) is 76.8 Å². The fourth-order valence-electron chi connectivity index (χ4n) is 2.81. The number of fused-ring (bicyclic) bond motifs is 1. The Morgan fingerprint density at radius 1 is 1.00 bits per heavy atom. The van der Waals surface area contributed by atoms with Crippen molar-refractivity contribution < 1.29 is 4.74 Å². The van der Waals surface area contributed by atoms with Crippen LogP contribution in [-0.2, 0) is 0 Å². The Bertz CT molecular complexity index is 1040. The van der Waals surface area contributed by atoms with Gasteiger partial charge in [-0.05, 0) is 53.6 Å². The number of methoxy groups -OCH3 is 1. The number of nitrogen functional groups attached to an aromatic ring is 1. The van der Waals surface area contributed by atoms with Gasteiger partial charge in [-0.1, -0.05) is 28.1 Å². The van der Waals surface area contributed by atoms with E-state index in [-0.39, 0.29) is 0 Å². The van der Waals surface area contributed by atoms with Gasteiger partial charge in [0.2, 0.25) is 0 Å². The van der Waals surface area contributed by atoms with Crippen molar-refractivity contribution in [2.24, 2.45) is 0 Å². The monoisotopic (exact) mass is 394 g/mol. The molecule has 0 radical (unpaired) electrons. The van der Waals surface area contributed by atoms with Crippen molar-refractivity contribution in [3.63, 3.8) is 0 Å². The molecule has 0 spiro atoms. The van der Waals surface area contributed by atoms with Gasteiger partial charge in [0.05, 0.1) is 18.2 Å². The Hall–Kier alpha value is -2.86. The van der Waals surface area contributed by atoms with Crippen LogP contribution in [0, 0.1) is 0 Å². The van der Waals surface area contributed by atoms with E-state index in [1.807, 2.05) is 54.6 Å². The summed E-state index contributed by atoms with van der Waals surface area (Å²) in [5.74, 6) is 1.32. The molecule has 0 aliphatic heterocycles. The maximum Gasteiger partial charge on any atom is 0.184 e. The second kappa shape index (κ2) is 6.22. The third-order valence-electron chi connectivity index (χ3n) is 4.09. The summed E-state index contributed by atoms with van der Waals surface area (Å²) in [4.78, 5) is 4.65. The van der Waals surface area contributed by atoms with Crippen LogP contribution in [0.1, 0.15) is 0 Å². The van der Waals surface area contributed by atoms with Gasteiger partial charge < -0.3 is 10.5 Å². The molecule has 0 amide bonds. The second-order valence-corrected chi connectivity index (χ2v) is 6.54. The number of halogens is 1. The Morgan fingerprint density at radius 2 is 1.68 bits per heavy atom. The zero-order chi connectivity index (χ0) is 17.4. The van der Waals surface area contributed by atoms with Crippen LogP contribution < -0.4 is 10.5 Å². The van der Waals surface area contributed by atoms with E-state index < -0.39 is 0 Å². The van der Waals surface area contributed by atoms with Gasteiger partial charge in [-0.25, -0.2) is 4.98 Å². The highest BCUT2D eigenvalue weighted by molar-refractivity contribution is 9.10. The van der Waals surface area contributed by atoms with Crippen LogP contribution in [0.5, 0.6) is 5.75 Å². The van der Waals surface area contributed by atoms with Crippen LogP contribution in [-0.4, -0.2) is 22.3 Å². The largest absolute Gasteiger partial charge is 0.497 e. The molecule has 0 aliphatic rings. The molecule has 124 valence electrons. The molecule has 25 heavy (non-hydrogen) atoms. The van der Waals surface area contributed by atoms with Gasteiger partial charge in [0, 0.05) is 10.0 Å². The summed E-state index contributed by atoms with van der Waals surface area (Å²) in [6.45, 7) is 0. The SMILES string of the molecule is COc1ccc(-c2cc(-c3ccc(Br)cc3)c3c(N)[nH]nc3n2)cc1. The third kappa shape index (κ3) is 2.85. The van der Waals surface area contributed by atoms with Gasteiger partial charge >= 0.3 is 0 Å². The molecule has 2 aromatic carbocycles. The van der Waals surface area contributed by atoms with Crippen molar-refractivity contribution in [3.05, 3.63) is 59.1 Å². The molecule has 0 unspecified atom stereocenters. The fraction of sp³-hybridized carbons (Fsp3) is 0.0526. The summed E-state index contributed by atoms with van der Waals surface area (Å²) in [5.41, 5.74) is 10.6. The number of H-pyrrole nitrogens is 1. The van der Waals surface area contributed by atoms with Crippen molar-refractivity contribution in [1.29, 1.82) is 0 Å². The Balaban J connectivity index is 1.93. The number of anilines is 1. The average molecular weight is 395 g/mol. The van der Waals surface area contributed by atoms with Gasteiger partial charge in [-0.2, -0.15) is 5.10 Å². The molecule has 0 atom stereocenters. The van der Waals surface area contributed by atoms with Crippen molar-refractivity contribution in [2.45, 2.75) is 0 Å². The predicted octanol–water partition coefficient (Wildman–Crippen LogP) is 4.65. The molecular formula is C19H15BrN4O. The molecule has 0 saturated carbocycles. The first-order valence-electron chi connectivity index (χ1n) is 7.70. The molecule has 5 nitrogen and oxygen atoms in total. The highest BCUT2D eigenvalue weighted by Gasteiger charge is 2.14. The number of nitrogens with one attached hydrogen (secondary N) is 1. The summed E-state index contributed by atoms with van der Waals surface area (Å²) in [6, 6.07) is 17.9. The number of hydrogen-bond acceptors (Lipinski definition) is 4. The third-order valence-corrected chi connectivity index (χ3v) is 4.62. The van der Waals surface area contributed by atoms with E-state index in [0.717, 1.165) is 38.0 Å². The first-order valence-corrected chi connectivity index (χ1v) is 8.50. The minimum atomic E-state index is 0.515. The number of aromatic nitrogens is 3. The van der Waals surface area contributed by atoms with Crippen molar-refractivity contribution in [1.82, 2.24) is 15.2 Å². The number of rotatable bonds is 3. The van der Waals surface area contributed by atoms with E-state index >= 15 is 0 Å². The van der Waals surface area contributed by atoms with Gasteiger partial charge in [0.25, 0.3) is 0 Å². The first-order chi connectivity index (χ1) is 12.2. The standard InChI is InChI=1S/C19H15BrN4O/c1-25-14-8-4-12(5-9-14)16-10-15(11-2-6-13(20)7-3-11)17-18(21)23-24-19(17)22-16/h2-10H,1H3,(H3,21,22,23,24). The lowest BCUT2D eigenvalue weighted by Crippen LogP contribution is -1.91. The zero-order valence-corrected chi connectivity index (χ0v) is 15.0. The number of nitrogens with zero attached hydrogens (tertiary/aromatic N) is 2. The number of aromatic amines is 1. The highest BCUT2D eigenvalue weighted by atomic mass is 79.9. The van der Waals surface area contributed by atoms with Gasteiger partial charge in [0.1, 0.15) is 11.6 Å². The predicted molar refractivity (Wildman–Crippen MR) is 103 cm³/mol. The molecule has 2 heterocycles. The number of nitrogens with two attached hydrogens (primary N) is 1. The van der Waals surface area contributed by atoms with Crippen LogP contribution in [0.4, 0.5) is 5.82 Å². The smallest absolute Gasteiger partial charge is 0.184 e. The van der Waals surface area contributed by atoms with Crippen molar-refractivity contribution >= 4 is 32.8 Å². The number of pyridine rings is 1. The molecular weight excluding hydrogens is 380 g/mol. The number of ether oxygens (including phenoxy) is 1. The first kappa shape index (κ1) is 15.7. The summed E-state index contributed by atoms with van der Waals surface area (Å²) in [6.07, 6.45) is 0. The molecule has 0 bridgehead atoms. The van der Waals surface area contributed by atoms with Gasteiger partial charge in [-0.15, -0.1) is 0 Å². The van der Waals surface area contributed by atoms with Crippen LogP contribution >= 0.6 is 15.9 Å². The molecule has 4 aromatic rings. The lowest BCUT2D eigenvalue weighted by atomic mass is 10.0. The molecule has 4 rings (SSSR count). The summed E-state index contributed by atoms with van der Waals surface area (Å²) < 4.78 is 6.25. The Labute approximate surface area is 153 Å². The normalized spacial score (nSPS) is 11.0. The minimum Gasteiger partial charge on any atom is -0.497 e. The van der Waals surface area contributed by atoms with E-state index in [0.29, 0.717) is 11.5 Å². The lowest BCUT2D eigenvalue weighted by molar-refractivity contribution is 0.415. The number of benzene rings is 2. The van der Waals surface area contributed by atoms with Crippen molar-refractivity contribution in [2.75, 3.05) is 12.8 Å². The van der Waals surface area contributed by atoms with E-state index in [2.05, 4.69) is 31.1 Å². The summed E-state index contributed by atoms with van der Waals surface area (Å²) in [5, 5.41) is 7.91. The Kier molecular flexibility index (Phi) is 3.89. The molecule has 6 heteroatoms. The summed E-state index contributed by atoms with van der Waals surface area (Å²) >= 11 is 3.47. The summed E-state index contributed by atoms with van der Waals surface area (Å²) in [7, 11) is 1.65. The Morgan fingerprint density at radius 3 is 2.36 bits per heavy atom. The fourth-order valence-corrected chi connectivity index (χ4v) is 3.08. The molecule has 0 fully saturated rings. The molecule has 2 aromatic heterocycles. The highest BCUT2D eigenvalue weighted by Crippen LogP contribution is 2.34. The van der Waals surface area contributed by atoms with Crippen LogP contribution in [0.2, 0.25) is 0 Å². The average Bonchev–Trinajstić information content (AvgIpc) is 3.03. The second-order valence-electron chi connectivity index (χ2n) is 5.63. The van der Waals surface area contributed by atoms with E-state index in [4.69, 9.17) is 10.5 Å². The maximum absolute atomic E-state index is 6.09.